The molecule has 1 unspecified atom stereocenters. The Morgan fingerprint density at radius 1 is 1.53 bits per heavy atom. The van der Waals surface area contributed by atoms with Gasteiger partial charge < -0.3 is 15.0 Å². The second-order valence-corrected chi connectivity index (χ2v) is 4.30. The molecular weight excluding hydrogens is 190 g/mol. The first-order valence-electron chi connectivity index (χ1n) is 5.38. The molecule has 0 saturated carbocycles. The highest BCUT2D eigenvalue weighted by atomic mass is 16.3. The molecule has 1 aromatic heterocycles. The molecule has 0 aliphatic rings. The predicted octanol–water partition coefficient (Wildman–Crippen LogP) is 0.713. The van der Waals surface area contributed by atoms with E-state index >= 15 is 0 Å². The lowest BCUT2D eigenvalue weighted by atomic mass is 9.96. The van der Waals surface area contributed by atoms with Crippen LogP contribution in [0.3, 0.4) is 0 Å². The van der Waals surface area contributed by atoms with Crippen molar-refractivity contribution in [2.45, 2.75) is 31.8 Å². The highest BCUT2D eigenvalue weighted by Crippen LogP contribution is 2.16. The molecule has 1 aromatic rings. The van der Waals surface area contributed by atoms with Crippen molar-refractivity contribution in [3.8, 4) is 0 Å². The predicted molar refractivity (Wildman–Crippen MR) is 60.7 cm³/mol. The van der Waals surface area contributed by atoms with Crippen LogP contribution in [0.2, 0.25) is 0 Å². The molecule has 15 heavy (non-hydrogen) atoms. The Hall–Kier alpha value is -0.870. The van der Waals surface area contributed by atoms with Crippen LogP contribution in [0, 0.1) is 0 Å². The zero-order valence-corrected chi connectivity index (χ0v) is 9.82. The van der Waals surface area contributed by atoms with Crippen LogP contribution in [0.15, 0.2) is 12.4 Å². The summed E-state index contributed by atoms with van der Waals surface area (Å²) in [6.45, 7) is 2.72. The number of rotatable bonds is 6. The van der Waals surface area contributed by atoms with Crippen molar-refractivity contribution in [2.75, 3.05) is 13.6 Å². The van der Waals surface area contributed by atoms with Crippen molar-refractivity contribution >= 4 is 0 Å². The van der Waals surface area contributed by atoms with Gasteiger partial charge in [0.2, 0.25) is 0 Å². The number of aromatic nitrogens is 2. The third-order valence-corrected chi connectivity index (χ3v) is 2.72. The van der Waals surface area contributed by atoms with Crippen LogP contribution in [-0.2, 0) is 13.5 Å². The number of nitrogens with zero attached hydrogens (tertiary/aromatic N) is 2. The first kappa shape index (κ1) is 12.2. The van der Waals surface area contributed by atoms with Gasteiger partial charge in [0.05, 0.1) is 5.60 Å². The molecule has 0 amide bonds. The molecule has 0 spiro atoms. The van der Waals surface area contributed by atoms with Gasteiger partial charge in [-0.15, -0.1) is 0 Å². The summed E-state index contributed by atoms with van der Waals surface area (Å²) in [7, 11) is 3.87. The van der Waals surface area contributed by atoms with Crippen LogP contribution in [0.1, 0.15) is 25.6 Å². The fourth-order valence-corrected chi connectivity index (χ4v) is 1.54. The van der Waals surface area contributed by atoms with E-state index in [0.29, 0.717) is 0 Å². The summed E-state index contributed by atoms with van der Waals surface area (Å²) < 4.78 is 1.99. The van der Waals surface area contributed by atoms with Gasteiger partial charge in [-0.2, -0.15) is 0 Å². The third-order valence-electron chi connectivity index (χ3n) is 2.72. The van der Waals surface area contributed by atoms with E-state index in [1.165, 1.54) is 0 Å². The van der Waals surface area contributed by atoms with E-state index in [4.69, 9.17) is 0 Å². The Labute approximate surface area is 91.3 Å². The average Bonchev–Trinajstić information content (AvgIpc) is 2.58. The van der Waals surface area contributed by atoms with Crippen molar-refractivity contribution in [1.29, 1.82) is 0 Å². The fraction of sp³-hybridized carbons (Fsp3) is 0.727. The minimum Gasteiger partial charge on any atom is -0.390 e. The van der Waals surface area contributed by atoms with E-state index in [1.807, 2.05) is 31.8 Å². The minimum atomic E-state index is -0.602. The molecule has 1 rings (SSSR count). The normalized spacial score (nSPS) is 15.2. The van der Waals surface area contributed by atoms with Gasteiger partial charge in [-0.1, -0.05) is 0 Å². The van der Waals surface area contributed by atoms with Crippen molar-refractivity contribution in [2.24, 2.45) is 7.05 Å². The Balaban J connectivity index is 2.39. The van der Waals surface area contributed by atoms with Crippen LogP contribution in [0.5, 0.6) is 0 Å². The number of hydrogen-bond acceptors (Lipinski definition) is 3. The Morgan fingerprint density at radius 2 is 2.27 bits per heavy atom. The van der Waals surface area contributed by atoms with Gasteiger partial charge >= 0.3 is 0 Å². The lowest BCUT2D eigenvalue weighted by molar-refractivity contribution is 0.0424. The molecule has 1 heterocycles. The van der Waals surface area contributed by atoms with Crippen LogP contribution >= 0.6 is 0 Å². The van der Waals surface area contributed by atoms with E-state index in [-0.39, 0.29) is 0 Å². The summed E-state index contributed by atoms with van der Waals surface area (Å²) >= 11 is 0. The van der Waals surface area contributed by atoms with Gasteiger partial charge in [-0.3, -0.25) is 0 Å². The summed E-state index contributed by atoms with van der Waals surface area (Å²) in [5, 5.41) is 13.1. The molecule has 4 nitrogen and oxygen atoms in total. The second kappa shape index (κ2) is 5.28. The first-order valence-corrected chi connectivity index (χ1v) is 5.38. The van der Waals surface area contributed by atoms with Gasteiger partial charge in [-0.05, 0) is 33.4 Å². The summed E-state index contributed by atoms with van der Waals surface area (Å²) in [4.78, 5) is 4.24. The maximum atomic E-state index is 10.1. The van der Waals surface area contributed by atoms with Crippen LogP contribution < -0.4 is 5.32 Å². The van der Waals surface area contributed by atoms with Gasteiger partial charge in [0.15, 0.2) is 0 Å². The van der Waals surface area contributed by atoms with Gasteiger partial charge in [0.1, 0.15) is 5.82 Å². The standard InChI is InChI=1S/C11H21N3O/c1-11(15,6-7-12-2)5-4-10-13-8-9-14(10)3/h8-9,12,15H,4-7H2,1-3H3. The monoisotopic (exact) mass is 211 g/mol. The van der Waals surface area contributed by atoms with Crippen molar-refractivity contribution in [3.63, 3.8) is 0 Å². The molecule has 86 valence electrons. The quantitative estimate of drug-likeness (QED) is 0.728. The largest absolute Gasteiger partial charge is 0.390 e. The molecule has 0 bridgehead atoms. The number of nitrogens with one attached hydrogen (secondary N) is 1. The molecule has 0 aromatic carbocycles. The second-order valence-electron chi connectivity index (χ2n) is 4.30. The Morgan fingerprint density at radius 3 is 2.80 bits per heavy atom. The van der Waals surface area contributed by atoms with Crippen molar-refractivity contribution < 1.29 is 5.11 Å². The number of hydrogen-bond donors (Lipinski definition) is 2. The lowest BCUT2D eigenvalue weighted by Crippen LogP contribution is -2.29. The molecule has 0 aliphatic heterocycles. The van der Waals surface area contributed by atoms with Gasteiger partial charge in [-0.25, -0.2) is 4.98 Å². The first-order chi connectivity index (χ1) is 7.05. The zero-order chi connectivity index (χ0) is 11.3. The fourth-order valence-electron chi connectivity index (χ4n) is 1.54. The van der Waals surface area contributed by atoms with E-state index in [2.05, 4.69) is 10.3 Å². The summed E-state index contributed by atoms with van der Waals surface area (Å²) in [5.41, 5.74) is -0.602. The maximum Gasteiger partial charge on any atom is 0.108 e. The number of aryl methyl sites for hydroxylation is 2. The summed E-state index contributed by atoms with van der Waals surface area (Å²) in [5.74, 6) is 1.03. The SMILES string of the molecule is CNCCC(C)(O)CCc1nccn1C. The molecule has 0 saturated heterocycles. The van der Waals surface area contributed by atoms with E-state index in [1.54, 1.807) is 6.20 Å². The zero-order valence-electron chi connectivity index (χ0n) is 9.82. The molecule has 0 aliphatic carbocycles. The number of aliphatic hydroxyl groups is 1. The molecule has 0 fully saturated rings. The van der Waals surface area contributed by atoms with Crippen LogP contribution in [-0.4, -0.2) is 33.9 Å². The molecule has 2 N–H and O–H groups in total. The molecule has 0 radical (unpaired) electrons. The third kappa shape index (κ3) is 4.01. The highest BCUT2D eigenvalue weighted by molar-refractivity contribution is 4.93. The smallest absolute Gasteiger partial charge is 0.108 e. The van der Waals surface area contributed by atoms with Crippen LogP contribution in [0.4, 0.5) is 0 Å². The molecule has 1 atom stereocenters. The minimum absolute atomic E-state index is 0.602. The Bertz CT molecular complexity index is 294. The van der Waals surface area contributed by atoms with E-state index < -0.39 is 5.60 Å². The van der Waals surface area contributed by atoms with E-state index in [0.717, 1.165) is 31.6 Å². The highest BCUT2D eigenvalue weighted by Gasteiger charge is 2.19. The number of imidazole rings is 1. The van der Waals surface area contributed by atoms with E-state index in [9.17, 15) is 5.11 Å². The molecular formula is C11H21N3O. The average molecular weight is 211 g/mol. The lowest BCUT2D eigenvalue weighted by Gasteiger charge is -2.22. The summed E-state index contributed by atoms with van der Waals surface area (Å²) in [6, 6.07) is 0. The van der Waals surface area contributed by atoms with Gasteiger partial charge in [0.25, 0.3) is 0 Å². The maximum absolute atomic E-state index is 10.1. The summed E-state index contributed by atoms with van der Waals surface area (Å²) in [6.07, 6.45) is 6.06. The van der Waals surface area contributed by atoms with Gasteiger partial charge in [0, 0.05) is 25.9 Å². The Kier molecular flexibility index (Phi) is 4.29. The topological polar surface area (TPSA) is 50.1 Å². The van der Waals surface area contributed by atoms with Crippen molar-refractivity contribution in [1.82, 2.24) is 14.9 Å². The molecule has 4 heteroatoms. The van der Waals surface area contributed by atoms with Crippen molar-refractivity contribution in [3.05, 3.63) is 18.2 Å². The van der Waals surface area contributed by atoms with Crippen LogP contribution in [0.25, 0.3) is 0 Å².